The van der Waals surface area contributed by atoms with Crippen molar-refractivity contribution in [3.05, 3.63) is 64.7 Å². The zero-order valence-electron chi connectivity index (χ0n) is 12.1. The molecule has 0 radical (unpaired) electrons. The van der Waals surface area contributed by atoms with Crippen LogP contribution in [0.4, 0.5) is 0 Å². The van der Waals surface area contributed by atoms with Gasteiger partial charge in [-0.3, -0.25) is 9.88 Å². The lowest BCUT2D eigenvalue weighted by Crippen LogP contribution is -2.17. The van der Waals surface area contributed by atoms with Crippen molar-refractivity contribution in [3.63, 3.8) is 0 Å². The first-order chi connectivity index (χ1) is 10.7. The first kappa shape index (κ1) is 14.9. The van der Waals surface area contributed by atoms with Gasteiger partial charge in [-0.25, -0.2) is 0 Å². The third kappa shape index (κ3) is 3.78. The number of aromatic nitrogens is 3. The van der Waals surface area contributed by atoms with E-state index in [4.69, 9.17) is 4.52 Å². The van der Waals surface area contributed by atoms with Crippen LogP contribution in [0.25, 0.3) is 11.4 Å². The molecule has 3 rings (SSSR count). The van der Waals surface area contributed by atoms with Crippen molar-refractivity contribution >= 4 is 15.9 Å². The summed E-state index contributed by atoms with van der Waals surface area (Å²) in [6, 6.07) is 12.0. The van der Waals surface area contributed by atoms with E-state index < -0.39 is 0 Å². The van der Waals surface area contributed by atoms with Crippen molar-refractivity contribution in [2.45, 2.75) is 13.1 Å². The lowest BCUT2D eigenvalue weighted by Gasteiger charge is -2.14. The molecule has 0 saturated carbocycles. The molecule has 0 amide bonds. The molecule has 0 N–H and O–H groups in total. The van der Waals surface area contributed by atoms with Crippen LogP contribution in [-0.2, 0) is 13.1 Å². The molecule has 22 heavy (non-hydrogen) atoms. The second-order valence-corrected chi connectivity index (χ2v) is 5.97. The Labute approximate surface area is 137 Å². The molecule has 6 heteroatoms. The van der Waals surface area contributed by atoms with Gasteiger partial charge in [-0.1, -0.05) is 33.2 Å². The van der Waals surface area contributed by atoms with Crippen LogP contribution in [0, 0.1) is 0 Å². The monoisotopic (exact) mass is 358 g/mol. The molecule has 2 aromatic heterocycles. The van der Waals surface area contributed by atoms with Gasteiger partial charge in [0.25, 0.3) is 0 Å². The molecular formula is C16H15BrN4O. The SMILES string of the molecule is CN(Cc1ccc(Br)cc1)Cc1nc(-c2cccnc2)no1. The quantitative estimate of drug-likeness (QED) is 0.698. The van der Waals surface area contributed by atoms with Crippen molar-refractivity contribution in [1.82, 2.24) is 20.0 Å². The summed E-state index contributed by atoms with van der Waals surface area (Å²) < 4.78 is 6.39. The zero-order chi connectivity index (χ0) is 15.4. The predicted molar refractivity (Wildman–Crippen MR) is 86.8 cm³/mol. The summed E-state index contributed by atoms with van der Waals surface area (Å²) in [5, 5.41) is 4.00. The van der Waals surface area contributed by atoms with E-state index in [-0.39, 0.29) is 0 Å². The number of rotatable bonds is 5. The van der Waals surface area contributed by atoms with Gasteiger partial charge >= 0.3 is 0 Å². The third-order valence-corrected chi connectivity index (χ3v) is 3.69. The van der Waals surface area contributed by atoms with E-state index in [9.17, 15) is 0 Å². The number of hydrogen-bond donors (Lipinski definition) is 0. The molecule has 5 nitrogen and oxygen atoms in total. The number of pyridine rings is 1. The molecule has 0 saturated heterocycles. The number of benzene rings is 1. The number of hydrogen-bond acceptors (Lipinski definition) is 5. The van der Waals surface area contributed by atoms with Crippen LogP contribution >= 0.6 is 15.9 Å². The zero-order valence-corrected chi connectivity index (χ0v) is 13.7. The van der Waals surface area contributed by atoms with Crippen molar-refractivity contribution < 1.29 is 4.52 Å². The summed E-state index contributed by atoms with van der Waals surface area (Å²) >= 11 is 3.44. The van der Waals surface area contributed by atoms with Crippen LogP contribution in [0.15, 0.2) is 57.8 Å². The Bertz CT molecular complexity index is 727. The van der Waals surface area contributed by atoms with Crippen molar-refractivity contribution in [2.24, 2.45) is 0 Å². The summed E-state index contributed by atoms with van der Waals surface area (Å²) in [4.78, 5) is 10.6. The van der Waals surface area contributed by atoms with Crippen molar-refractivity contribution in [1.29, 1.82) is 0 Å². The minimum atomic E-state index is 0.570. The van der Waals surface area contributed by atoms with Crippen LogP contribution in [0.5, 0.6) is 0 Å². The Morgan fingerprint density at radius 1 is 1.14 bits per heavy atom. The molecule has 1 aromatic carbocycles. The third-order valence-electron chi connectivity index (χ3n) is 3.16. The van der Waals surface area contributed by atoms with Gasteiger partial charge < -0.3 is 4.52 Å². The summed E-state index contributed by atoms with van der Waals surface area (Å²) in [6.07, 6.45) is 3.44. The summed E-state index contributed by atoms with van der Waals surface area (Å²) in [5.74, 6) is 1.17. The maximum absolute atomic E-state index is 5.31. The van der Waals surface area contributed by atoms with Gasteiger partial charge in [-0.15, -0.1) is 0 Å². The van der Waals surface area contributed by atoms with Crippen molar-refractivity contribution in [3.8, 4) is 11.4 Å². The van der Waals surface area contributed by atoms with Crippen LogP contribution < -0.4 is 0 Å². The maximum Gasteiger partial charge on any atom is 0.241 e. The fraction of sp³-hybridized carbons (Fsp3) is 0.188. The molecular weight excluding hydrogens is 344 g/mol. The average molecular weight is 359 g/mol. The average Bonchev–Trinajstić information content (AvgIpc) is 2.99. The second-order valence-electron chi connectivity index (χ2n) is 5.05. The van der Waals surface area contributed by atoms with Gasteiger partial charge in [0.05, 0.1) is 6.54 Å². The Kier molecular flexibility index (Phi) is 4.60. The highest BCUT2D eigenvalue weighted by Gasteiger charge is 2.11. The van der Waals surface area contributed by atoms with Gasteiger partial charge in [0.15, 0.2) is 0 Å². The largest absolute Gasteiger partial charge is 0.338 e. The van der Waals surface area contributed by atoms with E-state index in [1.54, 1.807) is 12.4 Å². The number of halogens is 1. The lowest BCUT2D eigenvalue weighted by molar-refractivity contribution is 0.261. The van der Waals surface area contributed by atoms with Crippen molar-refractivity contribution in [2.75, 3.05) is 7.05 Å². The minimum Gasteiger partial charge on any atom is -0.338 e. The predicted octanol–water partition coefficient (Wildman–Crippen LogP) is 3.53. The molecule has 0 aliphatic heterocycles. The summed E-state index contributed by atoms with van der Waals surface area (Å²) in [6.45, 7) is 1.42. The van der Waals surface area contributed by atoms with E-state index in [1.807, 2.05) is 31.3 Å². The van der Waals surface area contributed by atoms with Gasteiger partial charge in [-0.2, -0.15) is 4.98 Å². The smallest absolute Gasteiger partial charge is 0.241 e. The normalized spacial score (nSPS) is 11.0. The Hall–Kier alpha value is -2.05. The van der Waals surface area contributed by atoms with Gasteiger partial charge in [-0.05, 0) is 36.9 Å². The highest BCUT2D eigenvalue weighted by atomic mass is 79.9. The fourth-order valence-corrected chi connectivity index (χ4v) is 2.38. The summed E-state index contributed by atoms with van der Waals surface area (Å²) in [7, 11) is 2.02. The topological polar surface area (TPSA) is 55.1 Å². The number of nitrogens with zero attached hydrogens (tertiary/aromatic N) is 4. The Morgan fingerprint density at radius 2 is 1.95 bits per heavy atom. The lowest BCUT2D eigenvalue weighted by atomic mass is 10.2. The van der Waals surface area contributed by atoms with Crippen LogP contribution in [0.2, 0.25) is 0 Å². The molecule has 3 aromatic rings. The Balaban J connectivity index is 1.63. The molecule has 0 aliphatic carbocycles. The second kappa shape index (κ2) is 6.81. The molecule has 2 heterocycles. The first-order valence-electron chi connectivity index (χ1n) is 6.87. The van der Waals surface area contributed by atoms with Crippen LogP contribution in [-0.4, -0.2) is 27.1 Å². The molecule has 0 fully saturated rings. The van der Waals surface area contributed by atoms with E-state index in [2.05, 4.69) is 48.1 Å². The van der Waals surface area contributed by atoms with E-state index in [0.717, 1.165) is 16.6 Å². The minimum absolute atomic E-state index is 0.570. The van der Waals surface area contributed by atoms with Gasteiger partial charge in [0.2, 0.25) is 11.7 Å². The fourth-order valence-electron chi connectivity index (χ4n) is 2.12. The van der Waals surface area contributed by atoms with Crippen LogP contribution in [0.3, 0.4) is 0 Å². The van der Waals surface area contributed by atoms with Gasteiger partial charge in [0, 0.05) is 29.0 Å². The highest BCUT2D eigenvalue weighted by molar-refractivity contribution is 9.10. The maximum atomic E-state index is 5.31. The molecule has 0 spiro atoms. The van der Waals surface area contributed by atoms with Gasteiger partial charge in [0.1, 0.15) is 0 Å². The molecule has 0 atom stereocenters. The highest BCUT2D eigenvalue weighted by Crippen LogP contribution is 2.16. The molecule has 0 unspecified atom stereocenters. The molecule has 112 valence electrons. The van der Waals surface area contributed by atoms with Crippen LogP contribution in [0.1, 0.15) is 11.5 Å². The standard InChI is InChI=1S/C16H15BrN4O/c1-21(10-12-4-6-14(17)7-5-12)11-15-19-16(20-22-15)13-3-2-8-18-9-13/h2-9H,10-11H2,1H3. The molecule has 0 bridgehead atoms. The summed E-state index contributed by atoms with van der Waals surface area (Å²) in [5.41, 5.74) is 2.09. The van der Waals surface area contributed by atoms with E-state index in [1.165, 1.54) is 5.56 Å². The Morgan fingerprint density at radius 3 is 2.68 bits per heavy atom. The van der Waals surface area contributed by atoms with E-state index in [0.29, 0.717) is 18.3 Å². The van der Waals surface area contributed by atoms with E-state index >= 15 is 0 Å². The first-order valence-corrected chi connectivity index (χ1v) is 7.66. The molecule has 0 aliphatic rings.